The van der Waals surface area contributed by atoms with Crippen molar-refractivity contribution in [3.05, 3.63) is 64.7 Å². The molecule has 31 heavy (non-hydrogen) atoms. The molecule has 1 atom stereocenters. The lowest BCUT2D eigenvalue weighted by atomic mass is 10.1. The molecule has 8 heteroatoms. The molecule has 0 fully saturated rings. The van der Waals surface area contributed by atoms with E-state index in [2.05, 4.69) is 10.3 Å². The fraction of sp³-hybridized carbons (Fsp3) is 0.217. The van der Waals surface area contributed by atoms with Crippen LogP contribution in [0.4, 0.5) is 5.69 Å². The molecule has 0 aliphatic heterocycles. The van der Waals surface area contributed by atoms with E-state index in [0.29, 0.717) is 26.8 Å². The molecule has 0 bridgehead atoms. The maximum atomic E-state index is 12.6. The Morgan fingerprint density at radius 1 is 1.10 bits per heavy atom. The molecule has 0 aliphatic carbocycles. The van der Waals surface area contributed by atoms with Crippen molar-refractivity contribution in [3.8, 4) is 16.3 Å². The molecule has 0 spiro atoms. The van der Waals surface area contributed by atoms with Crippen LogP contribution in [-0.4, -0.2) is 35.9 Å². The number of rotatable bonds is 7. The van der Waals surface area contributed by atoms with Crippen LogP contribution in [0.3, 0.4) is 0 Å². The van der Waals surface area contributed by atoms with Gasteiger partial charge in [0.2, 0.25) is 0 Å². The number of carbonyl (C=O) groups is 3. The van der Waals surface area contributed by atoms with E-state index < -0.39 is 18.0 Å². The van der Waals surface area contributed by atoms with Gasteiger partial charge in [0.15, 0.2) is 11.9 Å². The second kappa shape index (κ2) is 9.53. The van der Waals surface area contributed by atoms with Gasteiger partial charge in [0.25, 0.3) is 5.91 Å². The van der Waals surface area contributed by atoms with Crippen LogP contribution in [0.1, 0.15) is 39.6 Å². The van der Waals surface area contributed by atoms with Gasteiger partial charge in [-0.1, -0.05) is 12.1 Å². The SMILES string of the molecule is COc1ccc(-c2nc(C)c(C(=O)O[C@H](C)C(=O)Nc3cccc(C(C)=O)c3)s2)cc1. The van der Waals surface area contributed by atoms with E-state index in [0.717, 1.165) is 11.3 Å². The molecule has 1 amide bonds. The average molecular weight is 439 g/mol. The minimum Gasteiger partial charge on any atom is -0.497 e. The van der Waals surface area contributed by atoms with Crippen molar-refractivity contribution in [2.75, 3.05) is 12.4 Å². The number of aromatic nitrogens is 1. The second-order valence-electron chi connectivity index (χ2n) is 6.84. The van der Waals surface area contributed by atoms with Crippen LogP contribution in [0.15, 0.2) is 48.5 Å². The second-order valence-corrected chi connectivity index (χ2v) is 7.83. The van der Waals surface area contributed by atoms with Crippen LogP contribution in [-0.2, 0) is 9.53 Å². The molecule has 3 rings (SSSR count). The fourth-order valence-corrected chi connectivity index (χ4v) is 3.72. The molecule has 0 saturated heterocycles. The van der Waals surface area contributed by atoms with Crippen LogP contribution in [0.5, 0.6) is 5.75 Å². The number of anilines is 1. The van der Waals surface area contributed by atoms with E-state index in [4.69, 9.17) is 9.47 Å². The zero-order valence-corrected chi connectivity index (χ0v) is 18.4. The van der Waals surface area contributed by atoms with Crippen LogP contribution >= 0.6 is 11.3 Å². The van der Waals surface area contributed by atoms with Gasteiger partial charge < -0.3 is 14.8 Å². The number of Topliss-reactive ketones (excluding diaryl/α,β-unsaturated/α-hetero) is 1. The molecular formula is C23H22N2O5S. The van der Waals surface area contributed by atoms with E-state index in [1.807, 2.05) is 24.3 Å². The van der Waals surface area contributed by atoms with Gasteiger partial charge in [-0.3, -0.25) is 9.59 Å². The van der Waals surface area contributed by atoms with E-state index in [1.54, 1.807) is 38.3 Å². The lowest BCUT2D eigenvalue weighted by Gasteiger charge is -2.13. The maximum Gasteiger partial charge on any atom is 0.351 e. The van der Waals surface area contributed by atoms with Gasteiger partial charge in [-0.2, -0.15) is 0 Å². The first kappa shape index (κ1) is 22.2. The van der Waals surface area contributed by atoms with Crippen molar-refractivity contribution in [1.82, 2.24) is 4.98 Å². The summed E-state index contributed by atoms with van der Waals surface area (Å²) < 4.78 is 10.5. The maximum absolute atomic E-state index is 12.6. The molecule has 3 aromatic rings. The first-order chi connectivity index (χ1) is 14.8. The van der Waals surface area contributed by atoms with Crippen molar-refractivity contribution in [1.29, 1.82) is 0 Å². The topological polar surface area (TPSA) is 94.6 Å². The summed E-state index contributed by atoms with van der Waals surface area (Å²) in [5.74, 6) is -0.490. The van der Waals surface area contributed by atoms with Gasteiger partial charge in [0.05, 0.1) is 12.8 Å². The molecule has 160 valence electrons. The Hall–Kier alpha value is -3.52. The number of methoxy groups -OCH3 is 1. The van der Waals surface area contributed by atoms with Crippen LogP contribution in [0, 0.1) is 6.92 Å². The highest BCUT2D eigenvalue weighted by molar-refractivity contribution is 7.17. The summed E-state index contributed by atoms with van der Waals surface area (Å²) in [5, 5.41) is 3.33. The third-order valence-corrected chi connectivity index (χ3v) is 5.70. The summed E-state index contributed by atoms with van der Waals surface area (Å²) >= 11 is 1.20. The molecule has 0 radical (unpaired) electrons. The number of hydrogen-bond donors (Lipinski definition) is 1. The van der Waals surface area contributed by atoms with E-state index >= 15 is 0 Å². The van der Waals surface area contributed by atoms with Gasteiger partial charge in [0.1, 0.15) is 15.6 Å². The molecule has 1 N–H and O–H groups in total. The van der Waals surface area contributed by atoms with Crippen molar-refractivity contribution >= 4 is 34.7 Å². The molecule has 1 aromatic heterocycles. The first-order valence-corrected chi connectivity index (χ1v) is 10.3. The molecular weight excluding hydrogens is 416 g/mol. The van der Waals surface area contributed by atoms with Crippen molar-refractivity contribution in [3.63, 3.8) is 0 Å². The number of benzene rings is 2. The lowest BCUT2D eigenvalue weighted by molar-refractivity contribution is -0.123. The number of thiazole rings is 1. The van der Waals surface area contributed by atoms with Crippen LogP contribution in [0.25, 0.3) is 10.6 Å². The molecule has 0 unspecified atom stereocenters. The predicted molar refractivity (Wildman–Crippen MR) is 119 cm³/mol. The Bertz CT molecular complexity index is 1120. The number of esters is 1. The number of ketones is 1. The number of amides is 1. The molecule has 1 heterocycles. The highest BCUT2D eigenvalue weighted by Crippen LogP contribution is 2.30. The number of nitrogens with zero attached hydrogens (tertiary/aromatic N) is 1. The minimum atomic E-state index is -1.03. The highest BCUT2D eigenvalue weighted by atomic mass is 32.1. The largest absolute Gasteiger partial charge is 0.497 e. The third kappa shape index (κ3) is 5.35. The Kier molecular flexibility index (Phi) is 6.81. The van der Waals surface area contributed by atoms with E-state index in [1.165, 1.54) is 25.2 Å². The van der Waals surface area contributed by atoms with Crippen molar-refractivity contribution < 1.29 is 23.9 Å². The molecule has 7 nitrogen and oxygen atoms in total. The summed E-state index contributed by atoms with van der Waals surface area (Å²) in [4.78, 5) is 41.3. The van der Waals surface area contributed by atoms with E-state index in [9.17, 15) is 14.4 Å². The summed E-state index contributed by atoms with van der Waals surface area (Å²) in [6, 6.07) is 13.9. The third-order valence-electron chi connectivity index (χ3n) is 4.51. The summed E-state index contributed by atoms with van der Waals surface area (Å²) in [6.07, 6.45) is -1.03. The highest BCUT2D eigenvalue weighted by Gasteiger charge is 2.23. The zero-order chi connectivity index (χ0) is 22.5. The van der Waals surface area contributed by atoms with Crippen LogP contribution in [0.2, 0.25) is 0 Å². The quantitative estimate of drug-likeness (QED) is 0.431. The normalized spacial score (nSPS) is 11.5. The number of aryl methyl sites for hydroxylation is 1. The smallest absolute Gasteiger partial charge is 0.351 e. The minimum absolute atomic E-state index is 0.107. The standard InChI is InChI=1S/C23H22N2O5S/c1-13-20(31-22(24-13)16-8-10-19(29-4)11-9-16)23(28)30-15(3)21(27)25-18-7-5-6-17(12-18)14(2)26/h5-12,15H,1-4H3,(H,25,27)/t15-/m1/s1. The summed E-state index contributed by atoms with van der Waals surface area (Å²) in [7, 11) is 1.59. The van der Waals surface area contributed by atoms with Gasteiger partial charge in [-0.15, -0.1) is 11.3 Å². The average Bonchev–Trinajstić information content (AvgIpc) is 3.15. The number of hydrogen-bond acceptors (Lipinski definition) is 7. The van der Waals surface area contributed by atoms with Crippen molar-refractivity contribution in [2.45, 2.75) is 26.9 Å². The molecule has 2 aromatic carbocycles. The first-order valence-electron chi connectivity index (χ1n) is 9.53. The summed E-state index contributed by atoms with van der Waals surface area (Å²) in [5.41, 5.74) is 2.32. The Morgan fingerprint density at radius 3 is 2.45 bits per heavy atom. The zero-order valence-electron chi connectivity index (χ0n) is 17.6. The predicted octanol–water partition coefficient (Wildman–Crippen LogP) is 4.51. The van der Waals surface area contributed by atoms with E-state index in [-0.39, 0.29) is 5.78 Å². The Labute approximate surface area is 184 Å². The fourth-order valence-electron chi connectivity index (χ4n) is 2.77. The molecule has 0 saturated carbocycles. The summed E-state index contributed by atoms with van der Waals surface area (Å²) in [6.45, 7) is 4.66. The van der Waals surface area contributed by atoms with Crippen LogP contribution < -0.4 is 10.1 Å². The van der Waals surface area contributed by atoms with Gasteiger partial charge in [-0.05, 0) is 57.2 Å². The van der Waals surface area contributed by atoms with Gasteiger partial charge in [-0.25, -0.2) is 9.78 Å². The Balaban J connectivity index is 1.67. The van der Waals surface area contributed by atoms with Gasteiger partial charge in [0, 0.05) is 16.8 Å². The lowest BCUT2D eigenvalue weighted by Crippen LogP contribution is -2.30. The number of carbonyl (C=O) groups excluding carboxylic acids is 3. The Morgan fingerprint density at radius 2 is 1.81 bits per heavy atom. The number of ether oxygens (including phenoxy) is 2. The number of nitrogens with one attached hydrogen (secondary N) is 1. The van der Waals surface area contributed by atoms with Gasteiger partial charge >= 0.3 is 5.97 Å². The molecule has 0 aliphatic rings. The van der Waals surface area contributed by atoms with Crippen molar-refractivity contribution in [2.24, 2.45) is 0 Å². The monoisotopic (exact) mass is 438 g/mol.